The summed E-state index contributed by atoms with van der Waals surface area (Å²) in [5.41, 5.74) is 5.06. The molecular formula is C37H27Cl2N5O3S2. The van der Waals surface area contributed by atoms with Gasteiger partial charge in [-0.25, -0.2) is 9.36 Å². The average molecular weight is 725 g/mol. The van der Waals surface area contributed by atoms with E-state index in [0.29, 0.717) is 43.3 Å². The fourth-order valence-corrected chi connectivity index (χ4v) is 7.28. The Kier molecular flexibility index (Phi) is 9.04. The molecule has 4 aromatic carbocycles. The minimum absolute atomic E-state index is 0.230. The number of aromatic nitrogens is 4. The monoisotopic (exact) mass is 723 g/mol. The standard InChI is InChI=1S/C37H27Cl2N5O3S2/c1-23-34(36(46)44(41(23)2)29-11-7-4-8-12-29)43-35(45)32(49-37(43)48)19-26-21-42(28-9-5-3-6-10-28)40-33(26)24-14-17-30(18-15-24)47-22-25-13-16-27(38)20-31(25)39/h3-21H,22H2,1-2H3. The molecule has 1 aliphatic heterocycles. The molecule has 2 aromatic heterocycles. The van der Waals surface area contributed by atoms with Crippen molar-refractivity contribution < 1.29 is 9.53 Å². The molecule has 1 saturated heterocycles. The minimum Gasteiger partial charge on any atom is -0.489 e. The van der Waals surface area contributed by atoms with Gasteiger partial charge in [0.25, 0.3) is 11.5 Å². The van der Waals surface area contributed by atoms with Gasteiger partial charge in [0.2, 0.25) is 0 Å². The van der Waals surface area contributed by atoms with Crippen LogP contribution in [0.1, 0.15) is 16.8 Å². The van der Waals surface area contributed by atoms with Crippen LogP contribution in [0.25, 0.3) is 28.7 Å². The number of anilines is 1. The highest BCUT2D eigenvalue weighted by atomic mass is 35.5. The third kappa shape index (κ3) is 6.36. The van der Waals surface area contributed by atoms with E-state index in [0.717, 1.165) is 28.6 Å². The van der Waals surface area contributed by atoms with Gasteiger partial charge in [-0.1, -0.05) is 89.6 Å². The summed E-state index contributed by atoms with van der Waals surface area (Å²) in [6.45, 7) is 2.08. The van der Waals surface area contributed by atoms with Crippen molar-refractivity contribution in [1.82, 2.24) is 19.1 Å². The lowest BCUT2D eigenvalue weighted by Gasteiger charge is -2.12. The zero-order valence-electron chi connectivity index (χ0n) is 26.2. The van der Waals surface area contributed by atoms with Gasteiger partial charge in [-0.2, -0.15) is 5.10 Å². The molecule has 8 nitrogen and oxygen atoms in total. The molecular weight excluding hydrogens is 697 g/mol. The van der Waals surface area contributed by atoms with Crippen molar-refractivity contribution in [1.29, 1.82) is 0 Å². The predicted octanol–water partition coefficient (Wildman–Crippen LogP) is 8.63. The Morgan fingerprint density at radius 1 is 0.898 bits per heavy atom. The zero-order chi connectivity index (χ0) is 34.2. The largest absolute Gasteiger partial charge is 0.489 e. The number of rotatable bonds is 8. The molecule has 0 unspecified atom stereocenters. The summed E-state index contributed by atoms with van der Waals surface area (Å²) in [7, 11) is 1.79. The topological polar surface area (TPSA) is 74.3 Å². The summed E-state index contributed by atoms with van der Waals surface area (Å²) in [5, 5.41) is 6.01. The number of hydrogen-bond acceptors (Lipinski definition) is 6. The van der Waals surface area contributed by atoms with Crippen molar-refractivity contribution in [2.24, 2.45) is 7.05 Å². The van der Waals surface area contributed by atoms with Crippen molar-refractivity contribution in [3.8, 4) is 28.4 Å². The van der Waals surface area contributed by atoms with Crippen LogP contribution in [0, 0.1) is 6.92 Å². The van der Waals surface area contributed by atoms with Crippen LogP contribution in [0.2, 0.25) is 10.0 Å². The van der Waals surface area contributed by atoms with Crippen LogP contribution in [0.5, 0.6) is 5.75 Å². The van der Waals surface area contributed by atoms with E-state index in [4.69, 9.17) is 45.3 Å². The number of ether oxygens (including phenoxy) is 1. The van der Waals surface area contributed by atoms with Crippen LogP contribution in [0.4, 0.5) is 5.69 Å². The molecule has 49 heavy (non-hydrogen) atoms. The molecule has 3 heterocycles. The van der Waals surface area contributed by atoms with E-state index in [1.807, 2.05) is 97.2 Å². The van der Waals surface area contributed by atoms with Crippen LogP contribution in [-0.2, 0) is 18.4 Å². The Labute approximate surface area is 301 Å². The van der Waals surface area contributed by atoms with Gasteiger partial charge in [0, 0.05) is 40.0 Å². The van der Waals surface area contributed by atoms with Crippen LogP contribution >= 0.6 is 47.2 Å². The summed E-state index contributed by atoms with van der Waals surface area (Å²) in [4.78, 5) is 29.5. The molecule has 1 fully saturated rings. The summed E-state index contributed by atoms with van der Waals surface area (Å²) < 4.78 is 11.3. The number of amides is 1. The lowest BCUT2D eigenvalue weighted by atomic mass is 10.1. The van der Waals surface area contributed by atoms with E-state index in [1.54, 1.807) is 41.5 Å². The number of carbonyl (C=O) groups excluding carboxylic acids is 1. The van der Waals surface area contributed by atoms with Crippen LogP contribution in [-0.4, -0.2) is 29.4 Å². The number of hydrogen-bond donors (Lipinski definition) is 0. The van der Waals surface area contributed by atoms with Crippen LogP contribution in [0.15, 0.2) is 119 Å². The maximum absolute atomic E-state index is 14.0. The van der Waals surface area contributed by atoms with E-state index >= 15 is 0 Å². The Balaban J connectivity index is 1.22. The second-order valence-corrected chi connectivity index (χ2v) is 13.7. The fourth-order valence-electron chi connectivity index (χ4n) is 5.55. The first-order valence-electron chi connectivity index (χ1n) is 15.1. The summed E-state index contributed by atoms with van der Waals surface area (Å²) >= 11 is 19.2. The molecule has 0 atom stereocenters. The molecule has 12 heteroatoms. The van der Waals surface area contributed by atoms with Gasteiger partial charge in [-0.05, 0) is 73.7 Å². The fraction of sp³-hybridized carbons (Fsp3) is 0.0811. The first kappa shape index (κ1) is 32.7. The van der Waals surface area contributed by atoms with Gasteiger partial charge < -0.3 is 4.74 Å². The number of nitrogens with zero attached hydrogens (tertiary/aromatic N) is 5. The van der Waals surface area contributed by atoms with Gasteiger partial charge in [-0.3, -0.25) is 19.2 Å². The molecule has 1 amide bonds. The van der Waals surface area contributed by atoms with Crippen molar-refractivity contribution >= 4 is 69.2 Å². The highest BCUT2D eigenvalue weighted by Gasteiger charge is 2.38. The summed E-state index contributed by atoms with van der Waals surface area (Å²) in [6.07, 6.45) is 3.66. The molecule has 0 radical (unpaired) electrons. The van der Waals surface area contributed by atoms with Crippen LogP contribution in [0.3, 0.4) is 0 Å². The molecule has 0 N–H and O–H groups in total. The van der Waals surface area contributed by atoms with E-state index in [9.17, 15) is 9.59 Å². The lowest BCUT2D eigenvalue weighted by molar-refractivity contribution is -0.113. The van der Waals surface area contributed by atoms with Gasteiger partial charge in [0.1, 0.15) is 18.0 Å². The third-order valence-electron chi connectivity index (χ3n) is 8.13. The number of carbonyl (C=O) groups is 1. The Bertz CT molecular complexity index is 2310. The maximum atomic E-state index is 14.0. The molecule has 7 rings (SSSR count). The van der Waals surface area contributed by atoms with Crippen molar-refractivity contribution in [2.75, 3.05) is 4.90 Å². The first-order valence-corrected chi connectivity index (χ1v) is 17.1. The Morgan fingerprint density at radius 3 is 2.24 bits per heavy atom. The van der Waals surface area contributed by atoms with Gasteiger partial charge in [-0.15, -0.1) is 0 Å². The number of halogens is 2. The first-order chi connectivity index (χ1) is 23.7. The van der Waals surface area contributed by atoms with Crippen LogP contribution < -0.4 is 15.2 Å². The van der Waals surface area contributed by atoms with E-state index in [-0.39, 0.29) is 28.1 Å². The van der Waals surface area contributed by atoms with E-state index in [2.05, 4.69) is 0 Å². The smallest absolute Gasteiger partial charge is 0.296 e. The van der Waals surface area contributed by atoms with Gasteiger partial charge in [0.05, 0.1) is 27.7 Å². The minimum atomic E-state index is -0.371. The number of para-hydroxylation sites is 2. The predicted molar refractivity (Wildman–Crippen MR) is 201 cm³/mol. The molecule has 244 valence electrons. The number of thioether (sulfide) groups is 1. The summed E-state index contributed by atoms with van der Waals surface area (Å²) in [5.74, 6) is 0.281. The normalized spacial score (nSPS) is 13.9. The average Bonchev–Trinajstić information content (AvgIpc) is 3.72. The highest BCUT2D eigenvalue weighted by Crippen LogP contribution is 2.38. The lowest BCUT2D eigenvalue weighted by Crippen LogP contribution is -2.33. The molecule has 6 aromatic rings. The van der Waals surface area contributed by atoms with Crippen molar-refractivity contribution in [3.05, 3.63) is 151 Å². The van der Waals surface area contributed by atoms with Crippen molar-refractivity contribution in [2.45, 2.75) is 13.5 Å². The maximum Gasteiger partial charge on any atom is 0.296 e. The van der Waals surface area contributed by atoms with Crippen molar-refractivity contribution in [3.63, 3.8) is 0 Å². The van der Waals surface area contributed by atoms with E-state index < -0.39 is 0 Å². The summed E-state index contributed by atoms with van der Waals surface area (Å²) in [6, 6.07) is 31.8. The SMILES string of the molecule is Cc1c(N2C(=O)C(=Cc3cn(-c4ccccc4)nc3-c3ccc(OCc4ccc(Cl)cc4Cl)cc3)SC2=S)c(=O)n(-c2ccccc2)n1C. The molecule has 0 saturated carbocycles. The second kappa shape index (κ2) is 13.6. The zero-order valence-corrected chi connectivity index (χ0v) is 29.4. The quantitative estimate of drug-likeness (QED) is 0.116. The molecule has 1 aliphatic rings. The Hall–Kier alpha value is -4.87. The molecule has 0 spiro atoms. The number of thiocarbonyl (C=S) groups is 1. The van der Waals surface area contributed by atoms with E-state index in [1.165, 1.54) is 9.58 Å². The molecule has 0 bridgehead atoms. The second-order valence-electron chi connectivity index (χ2n) is 11.2. The van der Waals surface area contributed by atoms with Gasteiger partial charge in [0.15, 0.2) is 4.32 Å². The Morgan fingerprint density at radius 2 is 1.57 bits per heavy atom. The third-order valence-corrected chi connectivity index (χ3v) is 10.0. The number of benzene rings is 4. The van der Waals surface area contributed by atoms with Gasteiger partial charge >= 0.3 is 0 Å². The molecule has 0 aliphatic carbocycles. The highest BCUT2D eigenvalue weighted by molar-refractivity contribution is 8.27.